The Balaban J connectivity index is 1.58. The standard InChI is InChI=1S/C32H35N3O4/c1-5-6-19-35-22(4)28(31(37)39-21(2)3)29(34-32(35)38)26-13-10-14-27(20-26)33-30(36)25-17-15-24(16-18-25)23-11-8-7-9-12-23/h7-18,20-21,29H,5-6,19H2,1-4H3,(H,33,36)(H,34,38). The maximum absolute atomic E-state index is 13.2. The van der Waals surface area contributed by atoms with Crippen molar-refractivity contribution in [1.29, 1.82) is 0 Å². The number of anilines is 1. The largest absolute Gasteiger partial charge is 0.459 e. The normalized spacial score (nSPS) is 15.3. The van der Waals surface area contributed by atoms with Crippen molar-refractivity contribution in [2.45, 2.75) is 52.7 Å². The molecule has 1 heterocycles. The van der Waals surface area contributed by atoms with Crippen LogP contribution in [0.3, 0.4) is 0 Å². The van der Waals surface area contributed by atoms with Crippen LogP contribution < -0.4 is 10.6 Å². The second kappa shape index (κ2) is 12.4. The summed E-state index contributed by atoms with van der Waals surface area (Å²) in [5.41, 5.74) is 4.82. The van der Waals surface area contributed by atoms with E-state index in [1.807, 2.05) is 48.5 Å². The van der Waals surface area contributed by atoms with Crippen LogP contribution in [0.1, 0.15) is 62.5 Å². The van der Waals surface area contributed by atoms with E-state index in [4.69, 9.17) is 4.74 Å². The van der Waals surface area contributed by atoms with E-state index in [2.05, 4.69) is 17.6 Å². The van der Waals surface area contributed by atoms with Crippen LogP contribution in [-0.2, 0) is 9.53 Å². The lowest BCUT2D eigenvalue weighted by Gasteiger charge is -2.35. The molecule has 7 heteroatoms. The van der Waals surface area contributed by atoms with Gasteiger partial charge in [-0.15, -0.1) is 0 Å². The van der Waals surface area contributed by atoms with Gasteiger partial charge in [-0.2, -0.15) is 0 Å². The number of allylic oxidation sites excluding steroid dienone is 1. The number of unbranched alkanes of at least 4 members (excludes halogenated alkanes) is 1. The average Bonchev–Trinajstić information content (AvgIpc) is 2.93. The average molecular weight is 526 g/mol. The van der Waals surface area contributed by atoms with Crippen LogP contribution in [0.25, 0.3) is 11.1 Å². The zero-order valence-corrected chi connectivity index (χ0v) is 22.9. The molecular formula is C32H35N3O4. The first kappa shape index (κ1) is 27.6. The number of carbonyl (C=O) groups is 3. The maximum atomic E-state index is 13.2. The number of benzene rings is 3. The van der Waals surface area contributed by atoms with Gasteiger partial charge in [0.25, 0.3) is 5.91 Å². The van der Waals surface area contributed by atoms with E-state index in [1.165, 1.54) is 0 Å². The van der Waals surface area contributed by atoms with Gasteiger partial charge in [0.1, 0.15) is 0 Å². The van der Waals surface area contributed by atoms with E-state index in [9.17, 15) is 14.4 Å². The molecule has 39 heavy (non-hydrogen) atoms. The smallest absolute Gasteiger partial charge is 0.338 e. The van der Waals surface area contributed by atoms with Gasteiger partial charge < -0.3 is 15.4 Å². The second-order valence-corrected chi connectivity index (χ2v) is 9.86. The Bertz CT molecular complexity index is 1360. The zero-order chi connectivity index (χ0) is 27.9. The van der Waals surface area contributed by atoms with Crippen LogP contribution in [0, 0.1) is 0 Å². The number of esters is 1. The highest BCUT2D eigenvalue weighted by atomic mass is 16.5. The number of rotatable bonds is 9. The van der Waals surface area contributed by atoms with Crippen LogP contribution in [0.15, 0.2) is 90.1 Å². The molecule has 0 aliphatic carbocycles. The minimum Gasteiger partial charge on any atom is -0.459 e. The third-order valence-electron chi connectivity index (χ3n) is 6.63. The van der Waals surface area contributed by atoms with Crippen molar-refractivity contribution in [1.82, 2.24) is 10.2 Å². The van der Waals surface area contributed by atoms with Crippen molar-refractivity contribution in [2.75, 3.05) is 11.9 Å². The van der Waals surface area contributed by atoms with Crippen molar-refractivity contribution in [3.8, 4) is 11.1 Å². The molecule has 7 nitrogen and oxygen atoms in total. The number of urea groups is 1. The Labute approximate surface area is 229 Å². The summed E-state index contributed by atoms with van der Waals surface area (Å²) in [5, 5.41) is 5.91. The van der Waals surface area contributed by atoms with Gasteiger partial charge in [0.2, 0.25) is 0 Å². The SMILES string of the molecule is CCCCN1C(=O)NC(c2cccc(NC(=O)c3ccc(-c4ccccc4)cc3)c2)C(C(=O)OC(C)C)=C1C. The molecule has 4 rings (SSSR count). The summed E-state index contributed by atoms with van der Waals surface area (Å²) < 4.78 is 5.55. The fourth-order valence-electron chi connectivity index (χ4n) is 4.60. The van der Waals surface area contributed by atoms with Crippen LogP contribution in [0.5, 0.6) is 0 Å². The number of hydrogen-bond donors (Lipinski definition) is 2. The Morgan fingerprint density at radius 1 is 0.974 bits per heavy atom. The molecule has 0 radical (unpaired) electrons. The van der Waals surface area contributed by atoms with Gasteiger partial charge in [-0.3, -0.25) is 9.69 Å². The van der Waals surface area contributed by atoms with Crippen LogP contribution in [-0.4, -0.2) is 35.5 Å². The molecule has 2 N–H and O–H groups in total. The molecule has 1 aliphatic heterocycles. The first-order chi connectivity index (χ1) is 18.8. The molecule has 1 unspecified atom stereocenters. The van der Waals surface area contributed by atoms with Crippen molar-refractivity contribution in [3.63, 3.8) is 0 Å². The summed E-state index contributed by atoms with van der Waals surface area (Å²) in [5.74, 6) is -0.724. The van der Waals surface area contributed by atoms with Gasteiger partial charge in [0, 0.05) is 23.5 Å². The van der Waals surface area contributed by atoms with Crippen LogP contribution in [0.4, 0.5) is 10.5 Å². The number of amides is 3. The van der Waals surface area contributed by atoms with Crippen molar-refractivity contribution in [3.05, 3.63) is 101 Å². The van der Waals surface area contributed by atoms with Crippen molar-refractivity contribution < 1.29 is 19.1 Å². The van der Waals surface area contributed by atoms with Crippen molar-refractivity contribution >= 4 is 23.6 Å². The number of nitrogens with one attached hydrogen (secondary N) is 2. The zero-order valence-electron chi connectivity index (χ0n) is 22.9. The number of hydrogen-bond acceptors (Lipinski definition) is 4. The minimum atomic E-state index is -0.705. The van der Waals surface area contributed by atoms with Gasteiger partial charge in [-0.25, -0.2) is 9.59 Å². The molecule has 0 bridgehead atoms. The molecule has 3 aromatic carbocycles. The predicted octanol–water partition coefficient (Wildman–Crippen LogP) is 6.70. The van der Waals surface area contributed by atoms with E-state index >= 15 is 0 Å². The van der Waals surface area contributed by atoms with Crippen LogP contribution >= 0.6 is 0 Å². The molecule has 1 atom stereocenters. The molecule has 202 valence electrons. The molecular weight excluding hydrogens is 490 g/mol. The van der Waals surface area contributed by atoms with Gasteiger partial charge in [0.05, 0.1) is 17.7 Å². The lowest BCUT2D eigenvalue weighted by atomic mass is 9.94. The highest BCUT2D eigenvalue weighted by Crippen LogP contribution is 2.33. The Kier molecular flexibility index (Phi) is 8.81. The van der Waals surface area contributed by atoms with Crippen molar-refractivity contribution in [2.24, 2.45) is 0 Å². The number of ether oxygens (including phenoxy) is 1. The van der Waals surface area contributed by atoms with E-state index in [1.54, 1.807) is 56.0 Å². The van der Waals surface area contributed by atoms with E-state index in [-0.39, 0.29) is 18.0 Å². The predicted molar refractivity (Wildman–Crippen MR) is 153 cm³/mol. The van der Waals surface area contributed by atoms with E-state index in [0.29, 0.717) is 34.6 Å². The summed E-state index contributed by atoms with van der Waals surface area (Å²) >= 11 is 0. The second-order valence-electron chi connectivity index (χ2n) is 9.86. The molecule has 0 fully saturated rings. The first-order valence-corrected chi connectivity index (χ1v) is 13.3. The highest BCUT2D eigenvalue weighted by Gasteiger charge is 2.36. The maximum Gasteiger partial charge on any atom is 0.338 e. The van der Waals surface area contributed by atoms with E-state index < -0.39 is 12.0 Å². The van der Waals surface area contributed by atoms with E-state index in [0.717, 1.165) is 24.0 Å². The Morgan fingerprint density at radius 3 is 2.33 bits per heavy atom. The Morgan fingerprint density at radius 2 is 1.67 bits per heavy atom. The monoisotopic (exact) mass is 525 g/mol. The van der Waals surface area contributed by atoms with Gasteiger partial charge in [-0.05, 0) is 68.1 Å². The lowest BCUT2D eigenvalue weighted by Crippen LogP contribution is -2.48. The third-order valence-corrected chi connectivity index (χ3v) is 6.63. The van der Waals surface area contributed by atoms with Gasteiger partial charge in [-0.1, -0.05) is 67.9 Å². The fourth-order valence-corrected chi connectivity index (χ4v) is 4.60. The molecule has 0 aromatic heterocycles. The summed E-state index contributed by atoms with van der Waals surface area (Å²) in [6.07, 6.45) is 1.43. The fraction of sp³-hybridized carbons (Fsp3) is 0.281. The molecule has 0 saturated carbocycles. The van der Waals surface area contributed by atoms with Gasteiger partial charge in [0.15, 0.2) is 0 Å². The number of carbonyl (C=O) groups excluding carboxylic acids is 3. The highest BCUT2D eigenvalue weighted by molar-refractivity contribution is 6.04. The first-order valence-electron chi connectivity index (χ1n) is 13.3. The minimum absolute atomic E-state index is 0.253. The third kappa shape index (κ3) is 6.55. The summed E-state index contributed by atoms with van der Waals surface area (Å²) in [7, 11) is 0. The Hall–Kier alpha value is -4.39. The molecule has 3 amide bonds. The van der Waals surface area contributed by atoms with Gasteiger partial charge >= 0.3 is 12.0 Å². The molecule has 0 saturated heterocycles. The quantitative estimate of drug-likeness (QED) is 0.304. The molecule has 3 aromatic rings. The number of nitrogens with zero attached hydrogens (tertiary/aromatic N) is 1. The lowest BCUT2D eigenvalue weighted by molar-refractivity contribution is -0.143. The van der Waals surface area contributed by atoms with Crippen LogP contribution in [0.2, 0.25) is 0 Å². The molecule has 0 spiro atoms. The summed E-state index contributed by atoms with van der Waals surface area (Å²) in [6.45, 7) is 7.93. The summed E-state index contributed by atoms with van der Waals surface area (Å²) in [6, 6.07) is 23.6. The molecule has 1 aliphatic rings. The summed E-state index contributed by atoms with van der Waals surface area (Å²) in [4.78, 5) is 40.8. The topological polar surface area (TPSA) is 87.7 Å².